The molecule has 4 nitrogen and oxygen atoms in total. The Hall–Kier alpha value is -6.56. The molecule has 51 heavy (non-hydrogen) atoms. The molecule has 0 N–H and O–H groups in total. The van der Waals surface area contributed by atoms with E-state index in [1.807, 2.05) is 6.20 Å². The average molecular weight is 669 g/mol. The standard InChI is InChI=1S/C46H28N4S/c1-4-14-29(15-5-1)31-24-32(30-16-6-2-7-17-30)26-34(25-31)50-38-23-13-11-21-36(38)41-44(50)40-35-20-10-12-22-37(35)49(33-18-8-3-9-19-33)45(40)42-43-39(51-46(41)42)27-47-28-48-43/h1-28H. The van der Waals surface area contributed by atoms with E-state index < -0.39 is 0 Å². The smallest absolute Gasteiger partial charge is 0.116 e. The van der Waals surface area contributed by atoms with Crippen LogP contribution in [0.25, 0.3) is 97.5 Å². The summed E-state index contributed by atoms with van der Waals surface area (Å²) >= 11 is 1.79. The van der Waals surface area contributed by atoms with Crippen LogP contribution in [0.4, 0.5) is 0 Å². The molecule has 0 saturated carbocycles. The van der Waals surface area contributed by atoms with Gasteiger partial charge in [-0.25, -0.2) is 9.97 Å². The van der Waals surface area contributed by atoms with Crippen molar-refractivity contribution < 1.29 is 0 Å². The van der Waals surface area contributed by atoms with Crippen LogP contribution in [0.1, 0.15) is 0 Å². The van der Waals surface area contributed by atoms with Crippen LogP contribution < -0.4 is 0 Å². The topological polar surface area (TPSA) is 35.6 Å². The van der Waals surface area contributed by atoms with E-state index in [2.05, 4.69) is 172 Å². The highest BCUT2D eigenvalue weighted by Gasteiger charge is 2.27. The van der Waals surface area contributed by atoms with Gasteiger partial charge in [0, 0.05) is 49.2 Å². The summed E-state index contributed by atoms with van der Waals surface area (Å²) < 4.78 is 7.27. The lowest BCUT2D eigenvalue weighted by molar-refractivity contribution is 1.18. The summed E-state index contributed by atoms with van der Waals surface area (Å²) in [5.41, 5.74) is 12.7. The van der Waals surface area contributed by atoms with E-state index in [-0.39, 0.29) is 0 Å². The summed E-state index contributed by atoms with van der Waals surface area (Å²) in [7, 11) is 0. The number of hydrogen-bond donors (Lipinski definition) is 0. The van der Waals surface area contributed by atoms with Crippen molar-refractivity contribution in [1.82, 2.24) is 19.1 Å². The lowest BCUT2D eigenvalue weighted by Gasteiger charge is -2.15. The Bertz CT molecular complexity index is 3060. The Morgan fingerprint density at radius 1 is 0.451 bits per heavy atom. The molecule has 0 bridgehead atoms. The molecule has 0 saturated heterocycles. The average Bonchev–Trinajstić information content (AvgIpc) is 3.87. The van der Waals surface area contributed by atoms with Crippen molar-refractivity contribution in [2.24, 2.45) is 0 Å². The molecule has 11 rings (SSSR count). The molecule has 238 valence electrons. The molecule has 0 radical (unpaired) electrons. The van der Waals surface area contributed by atoms with Gasteiger partial charge < -0.3 is 9.13 Å². The summed E-state index contributed by atoms with van der Waals surface area (Å²) in [6.45, 7) is 0. The molecule has 0 aliphatic carbocycles. The van der Waals surface area contributed by atoms with E-state index in [0.29, 0.717) is 0 Å². The van der Waals surface area contributed by atoms with E-state index in [1.54, 1.807) is 17.7 Å². The second kappa shape index (κ2) is 11.0. The van der Waals surface area contributed by atoms with Gasteiger partial charge in [0.1, 0.15) is 6.33 Å². The summed E-state index contributed by atoms with van der Waals surface area (Å²) in [5.74, 6) is 0. The van der Waals surface area contributed by atoms with E-state index >= 15 is 0 Å². The number of para-hydroxylation sites is 3. The molecule has 4 aromatic heterocycles. The molecule has 0 amide bonds. The summed E-state index contributed by atoms with van der Waals surface area (Å²) in [5, 5.41) is 6.08. The fourth-order valence-corrected chi connectivity index (χ4v) is 9.30. The fourth-order valence-electron chi connectivity index (χ4n) is 8.11. The summed E-state index contributed by atoms with van der Waals surface area (Å²) in [6.07, 6.45) is 3.65. The van der Waals surface area contributed by atoms with Gasteiger partial charge >= 0.3 is 0 Å². The van der Waals surface area contributed by atoms with Gasteiger partial charge in [-0.1, -0.05) is 115 Å². The van der Waals surface area contributed by atoms with Gasteiger partial charge in [-0.2, -0.15) is 0 Å². The van der Waals surface area contributed by atoms with Gasteiger partial charge in [-0.05, 0) is 64.7 Å². The molecular weight excluding hydrogens is 641 g/mol. The molecule has 11 aromatic rings. The van der Waals surface area contributed by atoms with Gasteiger partial charge in [-0.15, -0.1) is 11.3 Å². The first-order valence-corrected chi connectivity index (χ1v) is 18.0. The number of thiophene rings is 1. The minimum absolute atomic E-state index is 0.992. The highest BCUT2D eigenvalue weighted by atomic mass is 32.1. The summed E-state index contributed by atoms with van der Waals surface area (Å²) in [4.78, 5) is 9.42. The SMILES string of the molecule is c1ccc(-c2cc(-c3ccccc3)cc(-n3c4ccccc4c4c5sc6cncnc6c5c5c(c6ccccc6n5-c5ccccc5)c43)c2)cc1. The van der Waals surface area contributed by atoms with E-state index in [1.165, 1.54) is 76.0 Å². The third-order valence-electron chi connectivity index (χ3n) is 10.2. The fraction of sp³-hybridized carbons (Fsp3) is 0. The maximum absolute atomic E-state index is 4.95. The predicted molar refractivity (Wildman–Crippen MR) is 214 cm³/mol. The number of hydrogen-bond acceptors (Lipinski definition) is 3. The van der Waals surface area contributed by atoms with Crippen LogP contribution in [0.15, 0.2) is 170 Å². The van der Waals surface area contributed by atoms with E-state index in [9.17, 15) is 0 Å². The van der Waals surface area contributed by atoms with Crippen LogP contribution in [-0.2, 0) is 0 Å². The van der Waals surface area contributed by atoms with Crippen LogP contribution in [0, 0.1) is 0 Å². The zero-order chi connectivity index (χ0) is 33.5. The van der Waals surface area contributed by atoms with Crippen molar-refractivity contribution in [3.05, 3.63) is 170 Å². The molecular formula is C46H28N4S. The number of aromatic nitrogens is 4. The number of fused-ring (bicyclic) bond motifs is 12. The third-order valence-corrected chi connectivity index (χ3v) is 11.3. The zero-order valence-corrected chi connectivity index (χ0v) is 28.2. The maximum atomic E-state index is 4.95. The van der Waals surface area contributed by atoms with Crippen molar-refractivity contribution >= 4 is 75.3 Å². The Morgan fingerprint density at radius 2 is 0.980 bits per heavy atom. The minimum Gasteiger partial charge on any atom is -0.308 e. The second-order valence-corrected chi connectivity index (χ2v) is 14.1. The lowest BCUT2D eigenvalue weighted by Crippen LogP contribution is -1.97. The molecule has 7 aromatic carbocycles. The first-order chi connectivity index (χ1) is 25.3. The Kier molecular flexibility index (Phi) is 6.09. The van der Waals surface area contributed by atoms with Crippen LogP contribution in [0.2, 0.25) is 0 Å². The van der Waals surface area contributed by atoms with Gasteiger partial charge in [-0.3, -0.25) is 0 Å². The van der Waals surface area contributed by atoms with E-state index in [4.69, 9.17) is 4.98 Å². The lowest BCUT2D eigenvalue weighted by atomic mass is 9.98. The quantitative estimate of drug-likeness (QED) is 0.187. The molecule has 0 aliphatic rings. The van der Waals surface area contributed by atoms with Gasteiger partial charge in [0.25, 0.3) is 0 Å². The highest BCUT2D eigenvalue weighted by molar-refractivity contribution is 7.27. The van der Waals surface area contributed by atoms with Gasteiger partial charge in [0.2, 0.25) is 0 Å². The van der Waals surface area contributed by atoms with Crippen molar-refractivity contribution in [2.75, 3.05) is 0 Å². The number of rotatable bonds is 4. The molecule has 0 fully saturated rings. The highest BCUT2D eigenvalue weighted by Crippen LogP contribution is 2.51. The molecule has 0 aliphatic heterocycles. The van der Waals surface area contributed by atoms with Crippen LogP contribution in [0.5, 0.6) is 0 Å². The molecule has 0 spiro atoms. The van der Waals surface area contributed by atoms with Crippen LogP contribution in [-0.4, -0.2) is 19.1 Å². The Morgan fingerprint density at radius 3 is 1.63 bits per heavy atom. The summed E-state index contributed by atoms with van der Waals surface area (Å²) in [6, 6.07) is 56.9. The number of nitrogens with zero attached hydrogens (tertiary/aromatic N) is 4. The first-order valence-electron chi connectivity index (χ1n) is 17.2. The second-order valence-electron chi connectivity index (χ2n) is 13.0. The van der Waals surface area contributed by atoms with Crippen molar-refractivity contribution in [3.63, 3.8) is 0 Å². The minimum atomic E-state index is 0.992. The maximum Gasteiger partial charge on any atom is 0.116 e. The number of benzene rings is 7. The van der Waals surface area contributed by atoms with Gasteiger partial charge in [0.05, 0.1) is 32.3 Å². The largest absolute Gasteiger partial charge is 0.308 e. The van der Waals surface area contributed by atoms with Crippen molar-refractivity contribution in [3.8, 4) is 33.6 Å². The molecule has 0 unspecified atom stereocenters. The Labute approximate surface area is 297 Å². The van der Waals surface area contributed by atoms with Crippen molar-refractivity contribution in [2.45, 2.75) is 0 Å². The van der Waals surface area contributed by atoms with E-state index in [0.717, 1.165) is 21.6 Å². The monoisotopic (exact) mass is 668 g/mol. The molecule has 0 atom stereocenters. The molecule has 4 heterocycles. The molecule has 5 heteroatoms. The van der Waals surface area contributed by atoms with Crippen molar-refractivity contribution in [1.29, 1.82) is 0 Å². The Balaban J connectivity index is 1.41. The van der Waals surface area contributed by atoms with Crippen LogP contribution >= 0.6 is 11.3 Å². The van der Waals surface area contributed by atoms with Gasteiger partial charge in [0.15, 0.2) is 0 Å². The normalized spacial score (nSPS) is 11.9. The first kappa shape index (κ1) is 28.3. The predicted octanol–water partition coefficient (Wildman–Crippen LogP) is 12.4. The van der Waals surface area contributed by atoms with Crippen LogP contribution in [0.3, 0.4) is 0 Å². The third kappa shape index (κ3) is 4.13. The zero-order valence-electron chi connectivity index (χ0n) is 27.4.